The molecule has 0 aromatic carbocycles. The fourth-order valence-electron chi connectivity index (χ4n) is 2.38. The minimum atomic E-state index is -1.05. The number of aliphatic hydroxyl groups is 3. The van der Waals surface area contributed by atoms with E-state index >= 15 is 0 Å². The molecule has 1 saturated heterocycles. The Hall–Kier alpha value is -0.460. The van der Waals surface area contributed by atoms with Gasteiger partial charge in [-0.15, -0.1) is 0 Å². The molecule has 0 unspecified atom stereocenters. The van der Waals surface area contributed by atoms with Gasteiger partial charge in [-0.2, -0.15) is 0 Å². The number of rotatable bonds is 11. The first-order chi connectivity index (χ1) is 10.2. The van der Waals surface area contributed by atoms with Crippen LogP contribution in [0.1, 0.15) is 45.4 Å². The molecule has 0 spiro atoms. The van der Waals surface area contributed by atoms with E-state index in [0.717, 1.165) is 32.1 Å². The van der Waals surface area contributed by atoms with Gasteiger partial charge in [0, 0.05) is 6.61 Å². The second-order valence-electron chi connectivity index (χ2n) is 5.56. The van der Waals surface area contributed by atoms with Gasteiger partial charge in [0.15, 0.2) is 0 Å². The Bertz CT molecular complexity index is 282. The molecule has 1 rings (SSSR count). The third-order valence-electron chi connectivity index (χ3n) is 3.71. The minimum absolute atomic E-state index is 0.267. The van der Waals surface area contributed by atoms with Crippen molar-refractivity contribution in [1.82, 2.24) is 0 Å². The monoisotopic (exact) mass is 302 g/mol. The predicted octanol–water partition coefficient (Wildman–Crippen LogP) is 1.40. The lowest BCUT2D eigenvalue weighted by Gasteiger charge is -2.20. The van der Waals surface area contributed by atoms with Gasteiger partial charge < -0.3 is 24.8 Å². The van der Waals surface area contributed by atoms with E-state index < -0.39 is 31.0 Å². The zero-order valence-corrected chi connectivity index (χ0v) is 13.0. The lowest BCUT2D eigenvalue weighted by molar-refractivity contribution is -0.0730. The largest absolute Gasteiger partial charge is 0.394 e. The van der Waals surface area contributed by atoms with Crippen molar-refractivity contribution < 1.29 is 24.8 Å². The van der Waals surface area contributed by atoms with Crippen LogP contribution in [0.5, 0.6) is 0 Å². The van der Waals surface area contributed by atoms with Crippen molar-refractivity contribution in [2.75, 3.05) is 19.8 Å². The van der Waals surface area contributed by atoms with Crippen molar-refractivity contribution in [3.8, 4) is 0 Å². The van der Waals surface area contributed by atoms with E-state index in [2.05, 4.69) is 19.1 Å². The van der Waals surface area contributed by atoms with Crippen LogP contribution in [-0.4, -0.2) is 59.6 Å². The average molecular weight is 302 g/mol. The number of aliphatic hydroxyl groups excluding tert-OH is 3. The van der Waals surface area contributed by atoms with Gasteiger partial charge in [0.25, 0.3) is 0 Å². The van der Waals surface area contributed by atoms with Crippen molar-refractivity contribution in [3.05, 3.63) is 12.2 Å². The van der Waals surface area contributed by atoms with Crippen LogP contribution in [0.25, 0.3) is 0 Å². The Morgan fingerprint density at radius 3 is 2.71 bits per heavy atom. The summed E-state index contributed by atoms with van der Waals surface area (Å²) in [7, 11) is 0. The van der Waals surface area contributed by atoms with Crippen LogP contribution in [0.4, 0.5) is 0 Å². The van der Waals surface area contributed by atoms with Crippen LogP contribution in [0.15, 0.2) is 12.2 Å². The van der Waals surface area contributed by atoms with Gasteiger partial charge in [-0.3, -0.25) is 0 Å². The molecule has 1 aliphatic rings. The summed E-state index contributed by atoms with van der Waals surface area (Å²) in [5.41, 5.74) is 0. The summed E-state index contributed by atoms with van der Waals surface area (Å²) in [5, 5.41) is 28.3. The van der Waals surface area contributed by atoms with E-state index in [1.54, 1.807) is 0 Å². The molecule has 3 N–H and O–H groups in total. The van der Waals surface area contributed by atoms with Crippen LogP contribution in [0.3, 0.4) is 0 Å². The third kappa shape index (κ3) is 6.89. The van der Waals surface area contributed by atoms with E-state index in [9.17, 15) is 10.2 Å². The Labute approximate surface area is 127 Å². The molecule has 0 saturated carbocycles. The standard InChI is InChI=1S/C16H30O5/c1-2-3-4-5-6-7-8-9-10-20-14-12-21-16(15(14)19)13(18)11-17/h4-5,13-19H,2-3,6-12H2,1H3/b5-4+/t13-,14+,15-,16-/m1/s1. The topological polar surface area (TPSA) is 79.2 Å². The van der Waals surface area contributed by atoms with E-state index in [4.69, 9.17) is 14.6 Å². The Kier molecular flexibility index (Phi) is 9.87. The van der Waals surface area contributed by atoms with Crippen LogP contribution in [-0.2, 0) is 9.47 Å². The highest BCUT2D eigenvalue weighted by Gasteiger charge is 2.40. The maximum absolute atomic E-state index is 9.94. The summed E-state index contributed by atoms with van der Waals surface area (Å²) in [6.07, 6.45) is 8.07. The van der Waals surface area contributed by atoms with Gasteiger partial charge in [-0.05, 0) is 25.7 Å². The Morgan fingerprint density at radius 2 is 2.00 bits per heavy atom. The SMILES string of the molecule is CCC/C=C/CCCCCO[C@H]1CO[C@H]([C@H](O)CO)[C@@H]1O. The second kappa shape index (κ2) is 11.2. The zero-order chi connectivity index (χ0) is 15.5. The molecule has 0 radical (unpaired) electrons. The first kappa shape index (κ1) is 18.6. The van der Waals surface area contributed by atoms with E-state index in [1.165, 1.54) is 6.42 Å². The zero-order valence-electron chi connectivity index (χ0n) is 13.0. The Morgan fingerprint density at radius 1 is 1.24 bits per heavy atom. The van der Waals surface area contributed by atoms with Gasteiger partial charge in [-0.1, -0.05) is 31.9 Å². The number of allylic oxidation sites excluding steroid dienone is 2. The van der Waals surface area contributed by atoms with Gasteiger partial charge in [-0.25, -0.2) is 0 Å². The summed E-state index contributed by atoms with van der Waals surface area (Å²) >= 11 is 0. The highest BCUT2D eigenvalue weighted by molar-refractivity contribution is 4.88. The van der Waals surface area contributed by atoms with Crippen LogP contribution < -0.4 is 0 Å². The molecule has 1 heterocycles. The molecule has 4 atom stereocenters. The molecule has 5 heteroatoms. The number of hydrogen-bond donors (Lipinski definition) is 3. The maximum Gasteiger partial charge on any atom is 0.114 e. The second-order valence-corrected chi connectivity index (χ2v) is 5.56. The summed E-state index contributed by atoms with van der Waals surface area (Å²) in [6, 6.07) is 0. The molecule has 1 fully saturated rings. The van der Waals surface area contributed by atoms with Gasteiger partial charge in [0.2, 0.25) is 0 Å². The third-order valence-corrected chi connectivity index (χ3v) is 3.71. The Balaban J connectivity index is 2.03. The minimum Gasteiger partial charge on any atom is -0.394 e. The smallest absolute Gasteiger partial charge is 0.114 e. The average Bonchev–Trinajstić information content (AvgIpc) is 2.86. The quantitative estimate of drug-likeness (QED) is 0.397. The van der Waals surface area contributed by atoms with E-state index in [1.807, 2.05) is 0 Å². The highest BCUT2D eigenvalue weighted by Crippen LogP contribution is 2.20. The molecule has 21 heavy (non-hydrogen) atoms. The van der Waals surface area contributed by atoms with Crippen LogP contribution in [0, 0.1) is 0 Å². The molecule has 0 aromatic rings. The fourth-order valence-corrected chi connectivity index (χ4v) is 2.38. The molecule has 0 bridgehead atoms. The molecule has 124 valence electrons. The van der Waals surface area contributed by atoms with Crippen molar-refractivity contribution in [1.29, 1.82) is 0 Å². The molecule has 0 aliphatic carbocycles. The van der Waals surface area contributed by atoms with Gasteiger partial charge in [0.05, 0.1) is 13.2 Å². The normalized spacial score (nSPS) is 27.5. The molecule has 5 nitrogen and oxygen atoms in total. The molecular weight excluding hydrogens is 272 g/mol. The first-order valence-electron chi connectivity index (χ1n) is 8.05. The van der Waals surface area contributed by atoms with Crippen molar-refractivity contribution in [2.24, 2.45) is 0 Å². The number of unbranched alkanes of at least 4 members (excludes halogenated alkanes) is 4. The predicted molar refractivity (Wildman–Crippen MR) is 81.1 cm³/mol. The van der Waals surface area contributed by atoms with Crippen molar-refractivity contribution in [3.63, 3.8) is 0 Å². The molecular formula is C16H30O5. The van der Waals surface area contributed by atoms with Gasteiger partial charge >= 0.3 is 0 Å². The van der Waals surface area contributed by atoms with Gasteiger partial charge in [0.1, 0.15) is 24.4 Å². The number of hydrogen-bond acceptors (Lipinski definition) is 5. The first-order valence-corrected chi connectivity index (χ1v) is 8.05. The van der Waals surface area contributed by atoms with E-state index in [0.29, 0.717) is 6.61 Å². The summed E-state index contributed by atoms with van der Waals surface area (Å²) in [4.78, 5) is 0. The molecule has 1 aliphatic heterocycles. The highest BCUT2D eigenvalue weighted by atomic mass is 16.6. The lowest BCUT2D eigenvalue weighted by Crippen LogP contribution is -2.41. The maximum atomic E-state index is 9.94. The number of ether oxygens (including phenoxy) is 2. The summed E-state index contributed by atoms with van der Waals surface area (Å²) in [5.74, 6) is 0. The molecule has 0 amide bonds. The van der Waals surface area contributed by atoms with Crippen molar-refractivity contribution in [2.45, 2.75) is 69.9 Å². The van der Waals surface area contributed by atoms with Crippen LogP contribution in [0.2, 0.25) is 0 Å². The fraction of sp³-hybridized carbons (Fsp3) is 0.875. The van der Waals surface area contributed by atoms with E-state index in [-0.39, 0.29) is 6.61 Å². The van der Waals surface area contributed by atoms with Crippen LogP contribution >= 0.6 is 0 Å². The summed E-state index contributed by atoms with van der Waals surface area (Å²) in [6.45, 7) is 2.61. The molecule has 0 aromatic heterocycles. The summed E-state index contributed by atoms with van der Waals surface area (Å²) < 4.78 is 10.9. The lowest BCUT2D eigenvalue weighted by atomic mass is 10.1. The van der Waals surface area contributed by atoms with Crippen molar-refractivity contribution >= 4 is 0 Å².